The first-order chi connectivity index (χ1) is 9.04. The molecule has 1 N–H and O–H groups in total. The highest BCUT2D eigenvalue weighted by Gasteiger charge is 2.21. The molecule has 1 heterocycles. The van der Waals surface area contributed by atoms with Crippen molar-refractivity contribution in [3.8, 4) is 0 Å². The zero-order chi connectivity index (χ0) is 13.8. The minimum Gasteiger partial charge on any atom is -0.432 e. The van der Waals surface area contributed by atoms with E-state index in [9.17, 15) is 0 Å². The predicted molar refractivity (Wildman–Crippen MR) is 78.3 cm³/mol. The van der Waals surface area contributed by atoms with Crippen LogP contribution in [0.15, 0.2) is 10.7 Å². The Morgan fingerprint density at radius 3 is 2.42 bits per heavy atom. The maximum absolute atomic E-state index is 5.66. The zero-order valence-corrected chi connectivity index (χ0v) is 12.6. The number of hydrogen-bond donors (Lipinski definition) is 1. The van der Waals surface area contributed by atoms with E-state index in [0.717, 1.165) is 31.3 Å². The Labute approximate surface area is 116 Å². The van der Waals surface area contributed by atoms with E-state index in [-0.39, 0.29) is 0 Å². The van der Waals surface area contributed by atoms with E-state index in [1.54, 1.807) is 6.26 Å². The molecule has 1 fully saturated rings. The first-order valence-electron chi connectivity index (χ1n) is 7.47. The first-order valence-corrected chi connectivity index (χ1v) is 7.47. The van der Waals surface area contributed by atoms with E-state index in [0.29, 0.717) is 17.9 Å². The van der Waals surface area contributed by atoms with Gasteiger partial charge >= 0.3 is 0 Å². The van der Waals surface area contributed by atoms with Crippen LogP contribution in [0.5, 0.6) is 0 Å². The fraction of sp³-hybridized carbons (Fsp3) is 0.800. The SMILES string of the molecule is CC(C)CN(CC(C)C)c1nc(CNC2CC2)co1. The highest BCUT2D eigenvalue weighted by molar-refractivity contribution is 5.27. The van der Waals surface area contributed by atoms with Crippen molar-refractivity contribution in [2.75, 3.05) is 18.0 Å². The summed E-state index contributed by atoms with van der Waals surface area (Å²) < 4.78 is 5.66. The standard InChI is InChI=1S/C15H27N3O/c1-11(2)8-18(9-12(3)4)15-17-14(10-19-15)7-16-13-5-6-13/h10-13,16H,5-9H2,1-4H3. The van der Waals surface area contributed by atoms with Crippen LogP contribution in [-0.4, -0.2) is 24.1 Å². The van der Waals surface area contributed by atoms with Crippen LogP contribution in [0.4, 0.5) is 6.01 Å². The topological polar surface area (TPSA) is 41.3 Å². The summed E-state index contributed by atoms with van der Waals surface area (Å²) in [6.45, 7) is 11.7. The van der Waals surface area contributed by atoms with Crippen LogP contribution in [-0.2, 0) is 6.54 Å². The highest BCUT2D eigenvalue weighted by atomic mass is 16.4. The first kappa shape index (κ1) is 14.4. The van der Waals surface area contributed by atoms with E-state index < -0.39 is 0 Å². The van der Waals surface area contributed by atoms with Gasteiger partial charge in [-0.15, -0.1) is 0 Å². The van der Waals surface area contributed by atoms with Gasteiger partial charge in [-0.1, -0.05) is 27.7 Å². The fourth-order valence-electron chi connectivity index (χ4n) is 2.17. The molecule has 0 atom stereocenters. The monoisotopic (exact) mass is 265 g/mol. The van der Waals surface area contributed by atoms with Crippen LogP contribution in [0, 0.1) is 11.8 Å². The zero-order valence-electron chi connectivity index (χ0n) is 12.6. The third kappa shape index (κ3) is 4.86. The lowest BCUT2D eigenvalue weighted by Crippen LogP contribution is -2.31. The molecule has 19 heavy (non-hydrogen) atoms. The number of nitrogens with zero attached hydrogens (tertiary/aromatic N) is 2. The summed E-state index contributed by atoms with van der Waals surface area (Å²) in [5.41, 5.74) is 1.01. The fourth-order valence-corrected chi connectivity index (χ4v) is 2.17. The molecule has 108 valence electrons. The Morgan fingerprint density at radius 1 is 1.26 bits per heavy atom. The van der Waals surface area contributed by atoms with Gasteiger partial charge in [-0.3, -0.25) is 0 Å². The van der Waals surface area contributed by atoms with Gasteiger partial charge in [0.15, 0.2) is 0 Å². The maximum atomic E-state index is 5.66. The maximum Gasteiger partial charge on any atom is 0.297 e. The minimum atomic E-state index is 0.610. The van der Waals surface area contributed by atoms with Crippen LogP contribution in [0.2, 0.25) is 0 Å². The van der Waals surface area contributed by atoms with Crippen molar-refractivity contribution in [3.05, 3.63) is 12.0 Å². The second kappa shape index (κ2) is 6.42. The molecule has 1 aliphatic rings. The Bertz CT molecular complexity index is 372. The largest absolute Gasteiger partial charge is 0.432 e. The smallest absolute Gasteiger partial charge is 0.297 e. The minimum absolute atomic E-state index is 0.610. The van der Waals surface area contributed by atoms with Crippen molar-refractivity contribution in [1.29, 1.82) is 0 Å². The summed E-state index contributed by atoms with van der Waals surface area (Å²) in [6.07, 6.45) is 4.40. The number of rotatable bonds is 8. The van der Waals surface area contributed by atoms with Crippen molar-refractivity contribution < 1.29 is 4.42 Å². The second-order valence-corrected chi connectivity index (χ2v) is 6.47. The van der Waals surface area contributed by atoms with E-state index in [1.807, 2.05) is 0 Å². The lowest BCUT2D eigenvalue weighted by atomic mass is 10.1. The van der Waals surface area contributed by atoms with Gasteiger partial charge in [0.05, 0.1) is 5.69 Å². The summed E-state index contributed by atoms with van der Waals surface area (Å²) in [7, 11) is 0. The van der Waals surface area contributed by atoms with E-state index >= 15 is 0 Å². The van der Waals surface area contributed by atoms with Crippen molar-refractivity contribution >= 4 is 6.01 Å². The van der Waals surface area contributed by atoms with Crippen LogP contribution in [0.1, 0.15) is 46.2 Å². The van der Waals surface area contributed by atoms with Gasteiger partial charge in [-0.05, 0) is 24.7 Å². The molecule has 1 saturated carbocycles. The van der Waals surface area contributed by atoms with Gasteiger partial charge < -0.3 is 14.6 Å². The van der Waals surface area contributed by atoms with Crippen LogP contribution in [0.3, 0.4) is 0 Å². The van der Waals surface area contributed by atoms with Crippen molar-refractivity contribution in [2.45, 2.75) is 53.1 Å². The molecule has 1 aliphatic carbocycles. The Hall–Kier alpha value is -1.03. The van der Waals surface area contributed by atoms with Gasteiger partial charge in [-0.2, -0.15) is 4.98 Å². The summed E-state index contributed by atoms with van der Waals surface area (Å²) >= 11 is 0. The van der Waals surface area contributed by atoms with E-state index in [1.165, 1.54) is 12.8 Å². The summed E-state index contributed by atoms with van der Waals surface area (Å²) in [6, 6.07) is 1.48. The van der Waals surface area contributed by atoms with Crippen molar-refractivity contribution in [1.82, 2.24) is 10.3 Å². The Morgan fingerprint density at radius 2 is 1.89 bits per heavy atom. The molecule has 0 aliphatic heterocycles. The number of nitrogens with one attached hydrogen (secondary N) is 1. The number of oxazole rings is 1. The van der Waals surface area contributed by atoms with E-state index in [4.69, 9.17) is 4.42 Å². The second-order valence-electron chi connectivity index (χ2n) is 6.47. The highest BCUT2D eigenvalue weighted by Crippen LogP contribution is 2.20. The lowest BCUT2D eigenvalue weighted by Gasteiger charge is -2.24. The van der Waals surface area contributed by atoms with Crippen LogP contribution in [0.25, 0.3) is 0 Å². The van der Waals surface area contributed by atoms with Crippen LogP contribution < -0.4 is 10.2 Å². The van der Waals surface area contributed by atoms with Crippen molar-refractivity contribution in [3.63, 3.8) is 0 Å². The summed E-state index contributed by atoms with van der Waals surface area (Å²) in [5.74, 6) is 1.22. The average Bonchev–Trinajstić information content (AvgIpc) is 3.02. The third-order valence-corrected chi connectivity index (χ3v) is 3.13. The predicted octanol–water partition coefficient (Wildman–Crippen LogP) is 3.05. The molecular formula is C15H27N3O. The molecule has 0 amide bonds. The molecule has 2 rings (SSSR count). The number of anilines is 1. The molecule has 0 spiro atoms. The molecule has 1 aromatic rings. The normalized spacial score (nSPS) is 15.5. The summed E-state index contributed by atoms with van der Waals surface area (Å²) in [4.78, 5) is 6.87. The van der Waals surface area contributed by atoms with Crippen molar-refractivity contribution in [2.24, 2.45) is 11.8 Å². The Kier molecular flexibility index (Phi) is 4.86. The molecule has 4 nitrogen and oxygen atoms in total. The van der Waals surface area contributed by atoms with Crippen LogP contribution >= 0.6 is 0 Å². The van der Waals surface area contributed by atoms with Gasteiger partial charge in [0.1, 0.15) is 6.26 Å². The van der Waals surface area contributed by atoms with Gasteiger partial charge in [0.2, 0.25) is 0 Å². The average molecular weight is 265 g/mol. The van der Waals surface area contributed by atoms with Gasteiger partial charge in [-0.25, -0.2) is 0 Å². The molecule has 0 saturated heterocycles. The molecule has 0 aromatic carbocycles. The molecule has 0 unspecified atom stereocenters. The third-order valence-electron chi connectivity index (χ3n) is 3.13. The lowest BCUT2D eigenvalue weighted by molar-refractivity contribution is 0.480. The molecule has 0 radical (unpaired) electrons. The molecule has 4 heteroatoms. The molecule has 1 aromatic heterocycles. The number of aromatic nitrogens is 1. The molecular weight excluding hydrogens is 238 g/mol. The van der Waals surface area contributed by atoms with Gasteiger partial charge in [0, 0.05) is 25.7 Å². The Balaban J connectivity index is 1.94. The molecule has 0 bridgehead atoms. The van der Waals surface area contributed by atoms with Gasteiger partial charge in [0.25, 0.3) is 6.01 Å². The summed E-state index contributed by atoms with van der Waals surface area (Å²) in [5, 5.41) is 3.47. The van der Waals surface area contributed by atoms with E-state index in [2.05, 4.69) is 42.9 Å². The quantitative estimate of drug-likeness (QED) is 0.784. The number of hydrogen-bond acceptors (Lipinski definition) is 4.